The smallest absolute Gasteiger partial charge is 0.0967 e. The van der Waals surface area contributed by atoms with Crippen molar-refractivity contribution in [1.29, 1.82) is 0 Å². The minimum absolute atomic E-state index is 0.670. The molecule has 0 aliphatic carbocycles. The molecule has 1 atom stereocenters. The summed E-state index contributed by atoms with van der Waals surface area (Å²) in [5.74, 6) is 0.670. The molecule has 0 aromatic heterocycles. The SMILES string of the molecule is C[C@H](C[NH2+]C1CC[NH+](C)CC1)c1ccccc1. The predicted octanol–water partition coefficient (Wildman–Crippen LogP) is 0.0306. The van der Waals surface area contributed by atoms with E-state index in [4.69, 9.17) is 0 Å². The molecule has 0 amide bonds. The highest BCUT2D eigenvalue weighted by atomic mass is 15.1. The average molecular weight is 234 g/mol. The van der Waals surface area contributed by atoms with Crippen LogP contribution in [0.1, 0.15) is 31.2 Å². The van der Waals surface area contributed by atoms with Crippen molar-refractivity contribution in [2.75, 3.05) is 26.7 Å². The number of nitrogens with two attached hydrogens (primary N) is 1. The Morgan fingerprint density at radius 2 is 1.88 bits per heavy atom. The van der Waals surface area contributed by atoms with E-state index in [9.17, 15) is 0 Å². The number of likely N-dealkylation sites (tertiary alicyclic amines) is 1. The first-order valence-corrected chi connectivity index (χ1v) is 6.95. The second-order valence-electron chi connectivity index (χ2n) is 5.58. The van der Waals surface area contributed by atoms with Gasteiger partial charge in [0.2, 0.25) is 0 Å². The minimum atomic E-state index is 0.670. The first-order chi connectivity index (χ1) is 8.25. The van der Waals surface area contributed by atoms with Crippen molar-refractivity contribution in [3.63, 3.8) is 0 Å². The van der Waals surface area contributed by atoms with Crippen LogP contribution >= 0.6 is 0 Å². The highest BCUT2D eigenvalue weighted by Gasteiger charge is 2.22. The maximum Gasteiger partial charge on any atom is 0.0967 e. The van der Waals surface area contributed by atoms with Gasteiger partial charge in [-0.2, -0.15) is 0 Å². The Morgan fingerprint density at radius 1 is 1.24 bits per heavy atom. The van der Waals surface area contributed by atoms with E-state index in [0.29, 0.717) is 5.92 Å². The van der Waals surface area contributed by atoms with Crippen LogP contribution in [0.3, 0.4) is 0 Å². The van der Waals surface area contributed by atoms with Crippen LogP contribution < -0.4 is 10.2 Å². The number of rotatable bonds is 4. The van der Waals surface area contributed by atoms with Gasteiger partial charge in [-0.3, -0.25) is 0 Å². The zero-order valence-corrected chi connectivity index (χ0v) is 11.2. The number of nitrogens with one attached hydrogen (secondary N) is 1. The maximum atomic E-state index is 2.57. The highest BCUT2D eigenvalue weighted by molar-refractivity contribution is 5.18. The molecular weight excluding hydrogens is 208 g/mol. The summed E-state index contributed by atoms with van der Waals surface area (Å²) in [7, 11) is 2.31. The summed E-state index contributed by atoms with van der Waals surface area (Å²) < 4.78 is 0. The lowest BCUT2D eigenvalue weighted by Gasteiger charge is -2.25. The van der Waals surface area contributed by atoms with Gasteiger partial charge in [0.05, 0.1) is 32.7 Å². The van der Waals surface area contributed by atoms with Gasteiger partial charge in [-0.05, 0) is 5.56 Å². The fourth-order valence-corrected chi connectivity index (χ4v) is 2.68. The Labute approximate surface area is 105 Å². The highest BCUT2D eigenvalue weighted by Crippen LogP contribution is 2.11. The third-order valence-electron chi connectivity index (χ3n) is 4.08. The van der Waals surface area contributed by atoms with E-state index in [-0.39, 0.29) is 0 Å². The summed E-state index contributed by atoms with van der Waals surface area (Å²) in [4.78, 5) is 1.70. The summed E-state index contributed by atoms with van der Waals surface area (Å²) in [5.41, 5.74) is 1.47. The molecule has 1 aromatic carbocycles. The zero-order chi connectivity index (χ0) is 12.1. The molecular formula is C15H26N2+2. The van der Waals surface area contributed by atoms with Gasteiger partial charge in [0.1, 0.15) is 0 Å². The van der Waals surface area contributed by atoms with Crippen molar-refractivity contribution in [2.45, 2.75) is 31.7 Å². The zero-order valence-electron chi connectivity index (χ0n) is 11.2. The number of benzene rings is 1. The van der Waals surface area contributed by atoms with Crippen molar-refractivity contribution in [1.82, 2.24) is 0 Å². The molecule has 2 heteroatoms. The molecule has 1 aliphatic rings. The molecule has 1 fully saturated rings. The summed E-state index contributed by atoms with van der Waals surface area (Å²) >= 11 is 0. The fraction of sp³-hybridized carbons (Fsp3) is 0.600. The van der Waals surface area contributed by atoms with Crippen molar-refractivity contribution >= 4 is 0 Å². The van der Waals surface area contributed by atoms with E-state index in [0.717, 1.165) is 6.04 Å². The van der Waals surface area contributed by atoms with Crippen LogP contribution in [0, 0.1) is 0 Å². The Balaban J connectivity index is 1.75. The molecule has 17 heavy (non-hydrogen) atoms. The molecule has 1 aliphatic heterocycles. The number of quaternary nitrogens is 2. The average Bonchev–Trinajstić information content (AvgIpc) is 2.39. The van der Waals surface area contributed by atoms with E-state index in [1.807, 2.05) is 0 Å². The molecule has 0 spiro atoms. The van der Waals surface area contributed by atoms with Crippen LogP contribution in [0.5, 0.6) is 0 Å². The second kappa shape index (κ2) is 6.18. The molecule has 1 heterocycles. The number of piperidine rings is 1. The van der Waals surface area contributed by atoms with Gasteiger partial charge >= 0.3 is 0 Å². The number of hydrogen-bond donors (Lipinski definition) is 2. The van der Waals surface area contributed by atoms with Gasteiger partial charge in [0.15, 0.2) is 0 Å². The Bertz CT molecular complexity index is 315. The first-order valence-electron chi connectivity index (χ1n) is 6.95. The van der Waals surface area contributed by atoms with Gasteiger partial charge in [0.25, 0.3) is 0 Å². The van der Waals surface area contributed by atoms with Crippen LogP contribution in [0.2, 0.25) is 0 Å². The molecule has 3 N–H and O–H groups in total. The van der Waals surface area contributed by atoms with Crippen molar-refractivity contribution in [3.8, 4) is 0 Å². The lowest BCUT2D eigenvalue weighted by atomic mass is 9.99. The predicted molar refractivity (Wildman–Crippen MR) is 71.3 cm³/mol. The quantitative estimate of drug-likeness (QED) is 0.733. The van der Waals surface area contributed by atoms with Crippen molar-refractivity contribution in [3.05, 3.63) is 35.9 Å². The maximum absolute atomic E-state index is 2.57. The fourth-order valence-electron chi connectivity index (χ4n) is 2.68. The second-order valence-corrected chi connectivity index (χ2v) is 5.58. The van der Waals surface area contributed by atoms with E-state index in [1.165, 1.54) is 38.0 Å². The summed E-state index contributed by atoms with van der Waals surface area (Å²) in [6.07, 6.45) is 2.76. The summed E-state index contributed by atoms with van der Waals surface area (Å²) in [6, 6.07) is 11.7. The molecule has 0 bridgehead atoms. The standard InChI is InChI=1S/C15H24N2/c1-13(14-6-4-3-5-7-14)12-16-15-8-10-17(2)11-9-15/h3-7,13,15-16H,8-12H2,1-2H3/p+2/t13-/m1/s1. The minimum Gasteiger partial charge on any atom is -0.343 e. The first kappa shape index (κ1) is 12.6. The Hall–Kier alpha value is -0.860. The van der Waals surface area contributed by atoms with Gasteiger partial charge in [-0.25, -0.2) is 0 Å². The van der Waals surface area contributed by atoms with Gasteiger partial charge in [0, 0.05) is 18.8 Å². The van der Waals surface area contributed by atoms with Crippen molar-refractivity contribution in [2.24, 2.45) is 0 Å². The van der Waals surface area contributed by atoms with E-state index < -0.39 is 0 Å². The molecule has 1 saturated heterocycles. The lowest BCUT2D eigenvalue weighted by molar-refractivity contribution is -0.894. The van der Waals surface area contributed by atoms with Crippen LogP contribution in [0.25, 0.3) is 0 Å². The van der Waals surface area contributed by atoms with Crippen LogP contribution in [0.4, 0.5) is 0 Å². The van der Waals surface area contributed by atoms with E-state index >= 15 is 0 Å². The van der Waals surface area contributed by atoms with Crippen LogP contribution in [0.15, 0.2) is 30.3 Å². The monoisotopic (exact) mass is 234 g/mol. The molecule has 2 rings (SSSR count). The van der Waals surface area contributed by atoms with Crippen molar-refractivity contribution < 1.29 is 10.2 Å². The molecule has 0 unspecified atom stereocenters. The molecule has 0 radical (unpaired) electrons. The van der Waals surface area contributed by atoms with E-state index in [1.54, 1.807) is 4.90 Å². The Morgan fingerprint density at radius 3 is 2.53 bits per heavy atom. The van der Waals surface area contributed by atoms with Crippen LogP contribution in [-0.2, 0) is 0 Å². The van der Waals surface area contributed by atoms with E-state index in [2.05, 4.69) is 49.6 Å². The van der Waals surface area contributed by atoms with Gasteiger partial charge in [-0.15, -0.1) is 0 Å². The third kappa shape index (κ3) is 3.83. The van der Waals surface area contributed by atoms with Gasteiger partial charge < -0.3 is 10.2 Å². The normalized spacial score (nSPS) is 26.7. The topological polar surface area (TPSA) is 21.1 Å². The molecule has 0 saturated carbocycles. The summed E-state index contributed by atoms with van der Waals surface area (Å²) in [6.45, 7) is 6.27. The molecule has 2 nitrogen and oxygen atoms in total. The number of hydrogen-bond acceptors (Lipinski definition) is 0. The van der Waals surface area contributed by atoms with Crippen LogP contribution in [-0.4, -0.2) is 32.7 Å². The Kier molecular flexibility index (Phi) is 4.57. The molecule has 1 aromatic rings. The largest absolute Gasteiger partial charge is 0.343 e. The third-order valence-corrected chi connectivity index (χ3v) is 4.08. The lowest BCUT2D eigenvalue weighted by Crippen LogP contribution is -3.12. The summed E-state index contributed by atoms with van der Waals surface area (Å²) in [5, 5.41) is 2.57. The molecule has 94 valence electrons. The van der Waals surface area contributed by atoms with Gasteiger partial charge in [-0.1, -0.05) is 37.3 Å².